The fraction of sp³-hybridized carbons (Fsp3) is 0.0714. The first kappa shape index (κ1) is 16.5. The van der Waals surface area contributed by atoms with Gasteiger partial charge in [-0.15, -0.1) is 0 Å². The van der Waals surface area contributed by atoms with Crippen molar-refractivity contribution in [1.29, 1.82) is 0 Å². The summed E-state index contributed by atoms with van der Waals surface area (Å²) in [5.74, 6) is 0.0853. The van der Waals surface area contributed by atoms with Crippen molar-refractivity contribution in [2.45, 2.75) is 6.61 Å². The number of thiocarbonyl (C=S) groups is 1. The summed E-state index contributed by atoms with van der Waals surface area (Å²) < 4.78 is 20.5. The molecule has 0 aliphatic rings. The fourth-order valence-electron chi connectivity index (χ4n) is 1.61. The molecule has 0 bridgehead atoms. The Balaban J connectivity index is 1.84. The zero-order chi connectivity index (χ0) is 16.0. The summed E-state index contributed by atoms with van der Waals surface area (Å²) in [6, 6.07) is 15.6. The molecule has 0 radical (unpaired) electrons. The van der Waals surface area contributed by atoms with Crippen LogP contribution < -0.4 is 9.84 Å². The molecule has 2 rings (SSSR count). The summed E-state index contributed by atoms with van der Waals surface area (Å²) >= 11 is 5.07. The maximum absolute atomic E-state index is 10.7. The maximum Gasteiger partial charge on any atom is 0.524 e. The number of ether oxygens (including phenoxy) is 1. The minimum atomic E-state index is -4.53. The van der Waals surface area contributed by atoms with E-state index >= 15 is 0 Å². The van der Waals surface area contributed by atoms with Crippen molar-refractivity contribution in [1.82, 2.24) is 0 Å². The van der Waals surface area contributed by atoms with Crippen molar-refractivity contribution in [3.8, 4) is 5.75 Å². The van der Waals surface area contributed by atoms with E-state index in [1.54, 1.807) is 12.1 Å². The standard InChI is InChI=1S/C14H14NO5PS/c16-21(17,18)20-13-8-6-11(7-9-13)10-19-14(22)15-12-4-2-1-3-5-12/h1-9H,10H2,(H,15,22)(H2,16,17,18). The Morgan fingerprint density at radius 2 is 1.73 bits per heavy atom. The Morgan fingerprint density at radius 3 is 2.32 bits per heavy atom. The highest BCUT2D eigenvalue weighted by Gasteiger charge is 2.15. The van der Waals surface area contributed by atoms with E-state index in [2.05, 4.69) is 9.84 Å². The van der Waals surface area contributed by atoms with Crippen LogP contribution in [0.5, 0.6) is 5.75 Å². The second-order valence-electron chi connectivity index (χ2n) is 4.29. The van der Waals surface area contributed by atoms with E-state index in [0.717, 1.165) is 11.3 Å². The first-order valence-corrected chi connectivity index (χ1v) is 8.19. The van der Waals surface area contributed by atoms with Crippen LogP contribution in [0.1, 0.15) is 5.56 Å². The lowest BCUT2D eigenvalue weighted by Crippen LogP contribution is -2.12. The predicted molar refractivity (Wildman–Crippen MR) is 86.6 cm³/mol. The molecule has 22 heavy (non-hydrogen) atoms. The number of anilines is 1. The molecule has 0 aromatic heterocycles. The highest BCUT2D eigenvalue weighted by atomic mass is 32.1. The van der Waals surface area contributed by atoms with Gasteiger partial charge in [-0.2, -0.15) is 0 Å². The first-order chi connectivity index (χ1) is 10.4. The summed E-state index contributed by atoms with van der Waals surface area (Å²) in [6.45, 7) is 0.231. The van der Waals surface area contributed by atoms with E-state index in [9.17, 15) is 4.57 Å². The quantitative estimate of drug-likeness (QED) is 0.570. The van der Waals surface area contributed by atoms with Gasteiger partial charge in [-0.25, -0.2) is 4.57 Å². The van der Waals surface area contributed by atoms with Crippen LogP contribution in [-0.2, 0) is 15.9 Å². The monoisotopic (exact) mass is 339 g/mol. The molecule has 0 spiro atoms. The molecular weight excluding hydrogens is 325 g/mol. The second-order valence-corrected chi connectivity index (χ2v) is 5.83. The van der Waals surface area contributed by atoms with Crippen LogP contribution in [0.3, 0.4) is 0 Å². The number of phosphoric acid groups is 1. The van der Waals surface area contributed by atoms with E-state index < -0.39 is 7.82 Å². The third-order valence-electron chi connectivity index (χ3n) is 2.54. The molecule has 0 atom stereocenters. The van der Waals surface area contributed by atoms with Crippen LogP contribution in [-0.4, -0.2) is 15.0 Å². The lowest BCUT2D eigenvalue weighted by Gasteiger charge is -2.10. The lowest BCUT2D eigenvalue weighted by molar-refractivity contribution is 0.283. The zero-order valence-corrected chi connectivity index (χ0v) is 13.1. The third-order valence-corrected chi connectivity index (χ3v) is 3.21. The van der Waals surface area contributed by atoms with Gasteiger partial charge in [0.2, 0.25) is 0 Å². The third kappa shape index (κ3) is 5.83. The number of rotatable bonds is 5. The molecule has 6 nitrogen and oxygen atoms in total. The number of phosphoric ester groups is 1. The zero-order valence-electron chi connectivity index (χ0n) is 11.4. The summed E-state index contributed by atoms with van der Waals surface area (Å²) in [5, 5.41) is 3.17. The highest BCUT2D eigenvalue weighted by Crippen LogP contribution is 2.37. The number of benzene rings is 2. The molecule has 0 heterocycles. The van der Waals surface area contributed by atoms with Crippen LogP contribution in [0.4, 0.5) is 5.69 Å². The Labute approximate surface area is 132 Å². The van der Waals surface area contributed by atoms with Gasteiger partial charge in [0.1, 0.15) is 12.4 Å². The minimum Gasteiger partial charge on any atom is -0.466 e. The molecule has 0 saturated heterocycles. The number of hydrogen-bond donors (Lipinski definition) is 3. The molecule has 2 aromatic carbocycles. The van der Waals surface area contributed by atoms with Crippen molar-refractivity contribution in [2.75, 3.05) is 5.32 Å². The molecule has 2 aromatic rings. The second kappa shape index (κ2) is 7.38. The predicted octanol–water partition coefficient (Wildman–Crippen LogP) is 3.07. The van der Waals surface area contributed by atoms with E-state index in [1.165, 1.54) is 12.1 Å². The van der Waals surface area contributed by atoms with Gasteiger partial charge in [0.15, 0.2) is 0 Å². The molecule has 3 N–H and O–H groups in total. The number of hydrogen-bond acceptors (Lipinski definition) is 4. The van der Waals surface area contributed by atoms with E-state index in [4.69, 9.17) is 26.7 Å². The smallest absolute Gasteiger partial charge is 0.466 e. The SMILES string of the molecule is O=P(O)(O)Oc1ccc(COC(=S)Nc2ccccc2)cc1. The Morgan fingerprint density at radius 1 is 1.09 bits per heavy atom. The minimum absolute atomic E-state index is 0.0853. The van der Waals surface area contributed by atoms with Crippen molar-refractivity contribution in [3.63, 3.8) is 0 Å². The number of nitrogens with one attached hydrogen (secondary N) is 1. The molecule has 0 unspecified atom stereocenters. The topological polar surface area (TPSA) is 88.0 Å². The van der Waals surface area contributed by atoms with Gasteiger partial charge in [-0.1, -0.05) is 30.3 Å². The van der Waals surface area contributed by atoms with Crippen molar-refractivity contribution >= 4 is 30.9 Å². The molecular formula is C14H14NO5PS. The summed E-state index contributed by atoms with van der Waals surface area (Å²) in [7, 11) is -4.53. The fourth-order valence-corrected chi connectivity index (χ4v) is 2.18. The molecule has 116 valence electrons. The average Bonchev–Trinajstić information content (AvgIpc) is 2.46. The molecule has 0 fully saturated rings. The highest BCUT2D eigenvalue weighted by molar-refractivity contribution is 7.80. The van der Waals surface area contributed by atoms with E-state index in [1.807, 2.05) is 30.3 Å². The van der Waals surface area contributed by atoms with Gasteiger partial charge in [-0.3, -0.25) is 9.79 Å². The number of para-hydroxylation sites is 1. The summed E-state index contributed by atoms with van der Waals surface area (Å²) in [6.07, 6.45) is 0. The normalized spacial score (nSPS) is 10.8. The van der Waals surface area contributed by atoms with Gasteiger partial charge >= 0.3 is 7.82 Å². The van der Waals surface area contributed by atoms with Gasteiger partial charge in [0.25, 0.3) is 5.17 Å². The first-order valence-electron chi connectivity index (χ1n) is 6.25. The van der Waals surface area contributed by atoms with Crippen LogP contribution in [0.2, 0.25) is 0 Å². The van der Waals surface area contributed by atoms with Crippen LogP contribution in [0.15, 0.2) is 54.6 Å². The van der Waals surface area contributed by atoms with E-state index in [-0.39, 0.29) is 17.5 Å². The summed E-state index contributed by atoms with van der Waals surface area (Å²) in [4.78, 5) is 17.4. The maximum atomic E-state index is 10.7. The van der Waals surface area contributed by atoms with E-state index in [0.29, 0.717) is 0 Å². The largest absolute Gasteiger partial charge is 0.524 e. The van der Waals surface area contributed by atoms with Gasteiger partial charge in [0.05, 0.1) is 0 Å². The Kier molecular flexibility index (Phi) is 5.51. The Hall–Kier alpha value is -1.92. The van der Waals surface area contributed by atoms with Crippen LogP contribution in [0, 0.1) is 0 Å². The van der Waals surface area contributed by atoms with Crippen LogP contribution >= 0.6 is 20.0 Å². The van der Waals surface area contributed by atoms with Gasteiger partial charge in [-0.05, 0) is 42.0 Å². The average molecular weight is 339 g/mol. The van der Waals surface area contributed by atoms with Crippen molar-refractivity contribution in [2.24, 2.45) is 0 Å². The Bertz CT molecular complexity index is 671. The van der Waals surface area contributed by atoms with Crippen molar-refractivity contribution < 1.29 is 23.6 Å². The van der Waals surface area contributed by atoms with Gasteiger partial charge < -0.3 is 14.6 Å². The lowest BCUT2D eigenvalue weighted by atomic mass is 10.2. The molecule has 0 amide bonds. The molecule has 8 heteroatoms. The molecule has 0 aliphatic heterocycles. The summed E-state index contributed by atoms with van der Waals surface area (Å²) in [5.41, 5.74) is 1.62. The van der Waals surface area contributed by atoms with Crippen molar-refractivity contribution in [3.05, 3.63) is 60.2 Å². The molecule has 0 saturated carbocycles. The van der Waals surface area contributed by atoms with Crippen LogP contribution in [0.25, 0.3) is 0 Å². The molecule has 0 aliphatic carbocycles. The van der Waals surface area contributed by atoms with Gasteiger partial charge in [0, 0.05) is 5.69 Å².